The van der Waals surface area contributed by atoms with Crippen LogP contribution in [-0.4, -0.2) is 65.7 Å². The van der Waals surface area contributed by atoms with E-state index in [9.17, 15) is 36.4 Å². The molecule has 0 aliphatic carbocycles. The van der Waals surface area contributed by atoms with Crippen LogP contribution in [-0.2, 0) is 35.3 Å². The van der Waals surface area contributed by atoms with Crippen LogP contribution in [0.5, 0.6) is 0 Å². The number of sulfonamides is 1. The van der Waals surface area contributed by atoms with Gasteiger partial charge >= 0.3 is 12.3 Å². The molecule has 47 heavy (non-hydrogen) atoms. The number of piperidine rings is 1. The number of aryl methyl sites for hydroxylation is 1. The Bertz CT molecular complexity index is 1710. The zero-order chi connectivity index (χ0) is 34.5. The lowest BCUT2D eigenvalue weighted by atomic mass is 9.99. The summed E-state index contributed by atoms with van der Waals surface area (Å²) >= 11 is 0. The molecule has 1 saturated heterocycles. The summed E-state index contributed by atoms with van der Waals surface area (Å²) in [5, 5.41) is 20.6. The molecule has 18 heteroatoms. The predicted octanol–water partition coefficient (Wildman–Crippen LogP) is 5.10. The number of amides is 1. The largest absolute Gasteiger partial charge is 0.569 e. The monoisotopic (exact) mass is 682 g/mol. The van der Waals surface area contributed by atoms with Crippen molar-refractivity contribution in [3.8, 4) is 16.9 Å². The quantitative estimate of drug-likeness (QED) is 0.0999. The summed E-state index contributed by atoms with van der Waals surface area (Å²) in [4.78, 5) is 29.1. The molecule has 1 aliphatic heterocycles. The van der Waals surface area contributed by atoms with Gasteiger partial charge in [0.05, 0.1) is 46.4 Å². The zero-order valence-electron chi connectivity index (χ0n) is 25.8. The van der Waals surface area contributed by atoms with Crippen molar-refractivity contribution in [2.24, 2.45) is 11.2 Å². The van der Waals surface area contributed by atoms with Crippen LogP contribution < -0.4 is 4.72 Å². The van der Waals surface area contributed by atoms with Crippen LogP contribution in [0.2, 0.25) is 0 Å². The van der Waals surface area contributed by atoms with E-state index in [-0.39, 0.29) is 40.8 Å². The highest BCUT2D eigenvalue weighted by atomic mass is 32.2. The maximum absolute atomic E-state index is 13.5. The molecule has 1 aromatic heterocycles. The molecule has 1 amide bonds. The molecule has 2 heterocycles. The molecular weight excluding hydrogens is 649 g/mol. The highest BCUT2D eigenvalue weighted by Crippen LogP contribution is 2.33. The first-order chi connectivity index (χ1) is 22.0. The number of carbonyl (C=O) groups is 2. The van der Waals surface area contributed by atoms with Gasteiger partial charge in [0.15, 0.2) is 5.69 Å². The van der Waals surface area contributed by atoms with Crippen LogP contribution in [0, 0.1) is 18.0 Å². The van der Waals surface area contributed by atoms with Crippen molar-refractivity contribution in [2.75, 3.05) is 13.1 Å². The Morgan fingerprint density at radius 3 is 2.36 bits per heavy atom. The third kappa shape index (κ3) is 9.11. The van der Waals surface area contributed by atoms with Crippen molar-refractivity contribution >= 4 is 22.1 Å². The van der Waals surface area contributed by atoms with Gasteiger partial charge in [-0.25, -0.2) is 22.6 Å². The van der Waals surface area contributed by atoms with Crippen molar-refractivity contribution in [3.63, 3.8) is 0 Å². The Kier molecular flexibility index (Phi) is 10.6. The SMILES string of the molecule is Cc1ccc(-c2cc(C(F)(F)F)nn2-c2ccc(S(=O)(=O)NC(=O)C3CCCN(/[N+]([O-])=N\OC(C)OC(=O)OC(C)C)C3)cc2)cc1. The number of alkyl halides is 3. The number of nitrogens with zero attached hydrogens (tertiary/aromatic N) is 5. The third-order valence-corrected chi connectivity index (χ3v) is 8.21. The molecule has 14 nitrogen and oxygen atoms in total. The fraction of sp³-hybridized carbons (Fsp3) is 0.414. The van der Waals surface area contributed by atoms with Gasteiger partial charge in [0.1, 0.15) is 0 Å². The van der Waals surface area contributed by atoms with E-state index in [0.717, 1.165) is 33.5 Å². The molecular formula is C29H33F3N6O8S. The number of hydrogen-bond acceptors (Lipinski definition) is 10. The topological polar surface area (TPSA) is 167 Å². The normalized spacial score (nSPS) is 16.5. The maximum atomic E-state index is 13.5. The number of carbonyl (C=O) groups excluding carboxylic acids is 2. The lowest BCUT2D eigenvalue weighted by Crippen LogP contribution is -2.46. The summed E-state index contributed by atoms with van der Waals surface area (Å²) in [5.74, 6) is -1.79. The van der Waals surface area contributed by atoms with E-state index in [1.165, 1.54) is 19.1 Å². The first-order valence-electron chi connectivity index (χ1n) is 14.4. The minimum absolute atomic E-state index is 0.0741. The average molecular weight is 683 g/mol. The molecule has 1 aliphatic rings. The van der Waals surface area contributed by atoms with Crippen molar-refractivity contribution in [2.45, 2.75) is 64.0 Å². The van der Waals surface area contributed by atoms with Gasteiger partial charge in [0.25, 0.3) is 16.3 Å². The molecule has 0 saturated carbocycles. The third-order valence-electron chi connectivity index (χ3n) is 6.85. The number of ether oxygens (including phenoxy) is 2. The number of hydrazine groups is 1. The summed E-state index contributed by atoms with van der Waals surface area (Å²) < 4.78 is 79.4. The first kappa shape index (κ1) is 35.0. The van der Waals surface area contributed by atoms with E-state index in [0.29, 0.717) is 12.0 Å². The van der Waals surface area contributed by atoms with Gasteiger partial charge in [-0.2, -0.15) is 18.3 Å². The number of rotatable bonds is 10. The summed E-state index contributed by atoms with van der Waals surface area (Å²) in [5.41, 5.74) is 0.550. The van der Waals surface area contributed by atoms with Crippen molar-refractivity contribution in [3.05, 3.63) is 71.1 Å². The van der Waals surface area contributed by atoms with E-state index in [1.54, 1.807) is 38.1 Å². The lowest BCUT2D eigenvalue weighted by Gasteiger charge is -2.28. The number of hydrogen-bond donors (Lipinski definition) is 1. The van der Waals surface area contributed by atoms with Gasteiger partial charge in [-0.3, -0.25) is 9.63 Å². The minimum Gasteiger partial charge on any atom is -0.569 e. The summed E-state index contributed by atoms with van der Waals surface area (Å²) in [7, 11) is -4.40. The number of benzene rings is 2. The van der Waals surface area contributed by atoms with Crippen molar-refractivity contribution in [1.29, 1.82) is 0 Å². The van der Waals surface area contributed by atoms with Gasteiger partial charge in [0, 0.05) is 12.5 Å². The van der Waals surface area contributed by atoms with E-state index < -0.39 is 52.3 Å². The molecule has 0 radical (unpaired) electrons. The van der Waals surface area contributed by atoms with Gasteiger partial charge in [-0.15, -0.1) is 5.01 Å². The minimum atomic E-state index is -4.72. The second kappa shape index (κ2) is 14.3. The van der Waals surface area contributed by atoms with Crippen LogP contribution in [0.1, 0.15) is 44.9 Å². The van der Waals surface area contributed by atoms with E-state index >= 15 is 0 Å². The Balaban J connectivity index is 1.43. The molecule has 3 aromatic rings. The molecule has 1 N–H and O–H groups in total. The van der Waals surface area contributed by atoms with E-state index in [4.69, 9.17) is 14.3 Å². The average Bonchev–Trinajstić information content (AvgIpc) is 3.46. The highest BCUT2D eigenvalue weighted by molar-refractivity contribution is 7.90. The van der Waals surface area contributed by atoms with Crippen LogP contribution in [0.25, 0.3) is 16.9 Å². The standard InChI is InChI=1S/C29H33F3N6O8S/c1-18(2)44-28(40)45-20(4)46-35-38(41)36-15-5-6-22(17-36)27(39)34-47(42,43)24-13-11-23(12-14-24)37-25(16-26(33-37)29(30,31)32)21-9-7-19(3)8-10-21/h7-14,16,18,20,22H,5-6,15,17H2,1-4H3,(H,34,39)/b38-35+. The fourth-order valence-corrected chi connectivity index (χ4v) is 5.59. The molecule has 0 bridgehead atoms. The molecule has 2 unspecified atom stereocenters. The van der Waals surface area contributed by atoms with Gasteiger partial charge in [-0.1, -0.05) is 29.8 Å². The van der Waals surface area contributed by atoms with Crippen molar-refractivity contribution < 1.29 is 50.5 Å². The van der Waals surface area contributed by atoms with Crippen LogP contribution >= 0.6 is 0 Å². The predicted molar refractivity (Wildman–Crippen MR) is 158 cm³/mol. The van der Waals surface area contributed by atoms with Crippen LogP contribution in [0.15, 0.2) is 64.8 Å². The Morgan fingerprint density at radius 1 is 1.09 bits per heavy atom. The van der Waals surface area contributed by atoms with E-state index in [2.05, 4.69) is 10.4 Å². The molecule has 2 atom stereocenters. The Labute approximate surface area is 268 Å². The summed E-state index contributed by atoms with van der Waals surface area (Å²) in [6.07, 6.45) is -6.80. The molecule has 2 aromatic carbocycles. The molecule has 254 valence electrons. The summed E-state index contributed by atoms with van der Waals surface area (Å²) in [6, 6.07) is 12.5. The number of nitrogens with one attached hydrogen (secondary N) is 1. The van der Waals surface area contributed by atoms with Crippen molar-refractivity contribution in [1.82, 2.24) is 19.5 Å². The number of aromatic nitrogens is 2. The second-order valence-electron chi connectivity index (χ2n) is 10.9. The van der Waals surface area contributed by atoms with Gasteiger partial charge in [-0.05, 0) is 63.9 Å². The first-order valence-corrected chi connectivity index (χ1v) is 15.9. The number of halogens is 3. The summed E-state index contributed by atoms with van der Waals surface area (Å²) in [6.45, 7) is 6.37. The van der Waals surface area contributed by atoms with Crippen LogP contribution in [0.3, 0.4) is 0 Å². The van der Waals surface area contributed by atoms with E-state index in [1.807, 2.05) is 11.6 Å². The molecule has 0 spiro atoms. The highest BCUT2D eigenvalue weighted by Gasteiger charge is 2.36. The fourth-order valence-electron chi connectivity index (χ4n) is 4.55. The smallest absolute Gasteiger partial charge is 0.511 e. The second-order valence-corrected chi connectivity index (χ2v) is 12.6. The zero-order valence-corrected chi connectivity index (χ0v) is 26.6. The van der Waals surface area contributed by atoms with Gasteiger partial charge < -0.3 is 14.7 Å². The molecule has 4 rings (SSSR count). The maximum Gasteiger partial charge on any atom is 0.511 e. The molecule has 1 fully saturated rings. The Hall–Kier alpha value is -4.87. The van der Waals surface area contributed by atoms with Crippen LogP contribution in [0.4, 0.5) is 18.0 Å². The lowest BCUT2D eigenvalue weighted by molar-refractivity contribution is -0.715. The van der Waals surface area contributed by atoms with Gasteiger partial charge in [0.2, 0.25) is 11.2 Å². The Morgan fingerprint density at radius 2 is 1.74 bits per heavy atom.